The Hall–Kier alpha value is -3.67. The second-order valence-electron chi connectivity index (χ2n) is 7.40. The van der Waals surface area contributed by atoms with Crippen LogP contribution in [0.5, 0.6) is 5.75 Å². The van der Waals surface area contributed by atoms with E-state index in [1.807, 2.05) is 61.5 Å². The fourth-order valence-corrected chi connectivity index (χ4v) is 3.70. The molecule has 0 spiro atoms. The van der Waals surface area contributed by atoms with Gasteiger partial charge in [-0.2, -0.15) is 5.10 Å². The van der Waals surface area contributed by atoms with Gasteiger partial charge in [0.1, 0.15) is 11.4 Å². The van der Waals surface area contributed by atoms with Crippen molar-refractivity contribution in [3.63, 3.8) is 0 Å². The summed E-state index contributed by atoms with van der Waals surface area (Å²) in [5.41, 5.74) is 5.39. The largest absolute Gasteiger partial charge is 0.496 e. The van der Waals surface area contributed by atoms with Crippen molar-refractivity contribution in [3.05, 3.63) is 72.1 Å². The lowest BCUT2D eigenvalue weighted by Gasteiger charge is -2.12. The Morgan fingerprint density at radius 2 is 1.84 bits per heavy atom. The second kappa shape index (κ2) is 9.00. The van der Waals surface area contributed by atoms with Crippen molar-refractivity contribution in [3.8, 4) is 28.1 Å². The zero-order valence-corrected chi connectivity index (χ0v) is 18.1. The number of unbranched alkanes of at least 4 members (excludes halogenated alkanes) is 1. The summed E-state index contributed by atoms with van der Waals surface area (Å²) in [6.45, 7) is 4.68. The van der Waals surface area contributed by atoms with Crippen molar-refractivity contribution < 1.29 is 9.53 Å². The molecule has 2 heterocycles. The second-order valence-corrected chi connectivity index (χ2v) is 7.40. The summed E-state index contributed by atoms with van der Waals surface area (Å²) in [6.07, 6.45) is 1.94. The molecular weight excluding hydrogens is 388 g/mol. The van der Waals surface area contributed by atoms with Crippen LogP contribution in [-0.4, -0.2) is 34.2 Å². The normalized spacial score (nSPS) is 10.9. The zero-order valence-electron chi connectivity index (χ0n) is 18.1. The van der Waals surface area contributed by atoms with Crippen molar-refractivity contribution in [1.29, 1.82) is 0 Å². The van der Waals surface area contributed by atoms with E-state index in [4.69, 9.17) is 14.8 Å². The number of ether oxygens (including phenoxy) is 1. The quantitative estimate of drug-likeness (QED) is 0.436. The lowest BCUT2D eigenvalue weighted by atomic mass is 10.1. The van der Waals surface area contributed by atoms with Gasteiger partial charge in [-0.1, -0.05) is 55.8 Å². The lowest BCUT2D eigenvalue weighted by molar-refractivity contribution is 0.0948. The maximum Gasteiger partial charge on any atom is 0.270 e. The average Bonchev–Trinajstić information content (AvgIpc) is 3.14. The molecule has 2 aromatic carbocycles. The number of nitrogens with one attached hydrogen (secondary N) is 1. The van der Waals surface area contributed by atoms with Crippen LogP contribution in [-0.2, 0) is 0 Å². The molecule has 1 amide bonds. The number of aryl methyl sites for hydroxylation is 1. The number of carbonyl (C=O) groups is 1. The molecule has 1 N–H and O–H groups in total. The lowest BCUT2D eigenvalue weighted by Crippen LogP contribution is -2.25. The van der Waals surface area contributed by atoms with Crippen molar-refractivity contribution in [2.24, 2.45) is 0 Å². The number of benzene rings is 2. The molecule has 31 heavy (non-hydrogen) atoms. The molecule has 0 atom stereocenters. The Balaban J connectivity index is 1.96. The Labute approximate surface area is 181 Å². The molecule has 0 saturated heterocycles. The summed E-state index contributed by atoms with van der Waals surface area (Å²) in [7, 11) is 1.64. The first kappa shape index (κ1) is 20.6. The topological polar surface area (TPSA) is 68.5 Å². The third kappa shape index (κ3) is 4.01. The van der Waals surface area contributed by atoms with Crippen LogP contribution in [0.3, 0.4) is 0 Å². The van der Waals surface area contributed by atoms with Gasteiger partial charge in [0.2, 0.25) is 0 Å². The standard InChI is InChI=1S/C25H26N4O2/c1-4-5-15-26-25(30)20-16-21(19-13-9-10-14-22(19)31-3)29-24(27-20)23(17(2)28-29)18-11-7-6-8-12-18/h6-14,16H,4-5,15H2,1-3H3,(H,26,30). The van der Waals surface area contributed by atoms with E-state index in [1.54, 1.807) is 17.7 Å². The SMILES string of the molecule is CCCCNC(=O)c1cc(-c2ccccc2OC)n2nc(C)c(-c3ccccc3)c2n1. The molecule has 2 aromatic heterocycles. The maximum absolute atomic E-state index is 12.9. The first-order valence-electron chi connectivity index (χ1n) is 10.5. The van der Waals surface area contributed by atoms with E-state index in [0.29, 0.717) is 23.6 Å². The molecule has 0 aliphatic carbocycles. The summed E-state index contributed by atoms with van der Waals surface area (Å²) in [5, 5.41) is 7.76. The first-order valence-corrected chi connectivity index (χ1v) is 10.5. The van der Waals surface area contributed by atoms with Crippen LogP contribution in [0.25, 0.3) is 28.0 Å². The van der Waals surface area contributed by atoms with Crippen LogP contribution in [0.2, 0.25) is 0 Å². The molecule has 0 aliphatic heterocycles. The number of fused-ring (bicyclic) bond motifs is 1. The van der Waals surface area contributed by atoms with E-state index in [2.05, 4.69) is 12.2 Å². The number of rotatable bonds is 7. The van der Waals surface area contributed by atoms with Crippen molar-refractivity contribution in [2.45, 2.75) is 26.7 Å². The van der Waals surface area contributed by atoms with Crippen LogP contribution >= 0.6 is 0 Å². The van der Waals surface area contributed by atoms with Crippen LogP contribution in [0, 0.1) is 6.92 Å². The molecule has 0 aliphatic rings. The predicted octanol–water partition coefficient (Wildman–Crippen LogP) is 4.91. The van der Waals surface area contributed by atoms with Gasteiger partial charge in [0, 0.05) is 17.7 Å². The average molecular weight is 415 g/mol. The Kier molecular flexibility index (Phi) is 5.98. The van der Waals surface area contributed by atoms with E-state index in [0.717, 1.165) is 40.9 Å². The number of carbonyl (C=O) groups excluding carboxylic acids is 1. The highest BCUT2D eigenvalue weighted by atomic mass is 16.5. The van der Waals surface area contributed by atoms with E-state index >= 15 is 0 Å². The maximum atomic E-state index is 12.9. The molecule has 4 rings (SSSR count). The summed E-state index contributed by atoms with van der Waals surface area (Å²) in [5.74, 6) is 0.520. The number of nitrogens with zero attached hydrogens (tertiary/aromatic N) is 3. The number of amides is 1. The summed E-state index contributed by atoms with van der Waals surface area (Å²) in [6, 6.07) is 19.5. The van der Waals surface area contributed by atoms with E-state index in [9.17, 15) is 4.79 Å². The minimum absolute atomic E-state index is 0.190. The van der Waals surface area contributed by atoms with E-state index in [1.165, 1.54) is 0 Å². The number of para-hydroxylation sites is 1. The minimum atomic E-state index is -0.190. The highest BCUT2D eigenvalue weighted by molar-refractivity contribution is 5.95. The number of aromatic nitrogens is 3. The zero-order chi connectivity index (χ0) is 21.8. The number of hydrogen-bond donors (Lipinski definition) is 1. The molecule has 0 unspecified atom stereocenters. The molecule has 0 fully saturated rings. The van der Waals surface area contributed by atoms with Gasteiger partial charge in [-0.3, -0.25) is 4.79 Å². The van der Waals surface area contributed by atoms with Gasteiger partial charge in [0.05, 0.1) is 18.5 Å². The summed E-state index contributed by atoms with van der Waals surface area (Å²) >= 11 is 0. The van der Waals surface area contributed by atoms with Crippen LogP contribution < -0.4 is 10.1 Å². The van der Waals surface area contributed by atoms with Crippen LogP contribution in [0.4, 0.5) is 0 Å². The molecule has 158 valence electrons. The van der Waals surface area contributed by atoms with Crippen LogP contribution in [0.1, 0.15) is 35.9 Å². The molecule has 6 nitrogen and oxygen atoms in total. The number of hydrogen-bond acceptors (Lipinski definition) is 4. The van der Waals surface area contributed by atoms with E-state index < -0.39 is 0 Å². The van der Waals surface area contributed by atoms with Gasteiger partial charge in [0.15, 0.2) is 5.65 Å². The summed E-state index contributed by atoms with van der Waals surface area (Å²) in [4.78, 5) is 17.7. The summed E-state index contributed by atoms with van der Waals surface area (Å²) < 4.78 is 7.39. The van der Waals surface area contributed by atoms with Crippen LogP contribution in [0.15, 0.2) is 60.7 Å². The van der Waals surface area contributed by atoms with Gasteiger partial charge in [0.25, 0.3) is 5.91 Å². The predicted molar refractivity (Wildman–Crippen MR) is 122 cm³/mol. The first-order chi connectivity index (χ1) is 15.1. The van der Waals surface area contributed by atoms with Gasteiger partial charge in [-0.05, 0) is 37.1 Å². The van der Waals surface area contributed by atoms with Crippen molar-refractivity contribution in [2.75, 3.05) is 13.7 Å². The minimum Gasteiger partial charge on any atom is -0.496 e. The fraction of sp³-hybridized carbons (Fsp3) is 0.240. The van der Waals surface area contributed by atoms with Crippen molar-refractivity contribution >= 4 is 11.6 Å². The van der Waals surface area contributed by atoms with E-state index in [-0.39, 0.29) is 5.91 Å². The highest BCUT2D eigenvalue weighted by Crippen LogP contribution is 2.34. The van der Waals surface area contributed by atoms with Crippen molar-refractivity contribution in [1.82, 2.24) is 19.9 Å². The molecule has 0 radical (unpaired) electrons. The highest BCUT2D eigenvalue weighted by Gasteiger charge is 2.21. The number of methoxy groups -OCH3 is 1. The molecular formula is C25H26N4O2. The van der Waals surface area contributed by atoms with Gasteiger partial charge >= 0.3 is 0 Å². The molecule has 0 saturated carbocycles. The molecule has 6 heteroatoms. The molecule has 4 aromatic rings. The van der Waals surface area contributed by atoms with Gasteiger partial charge in [-0.15, -0.1) is 0 Å². The monoisotopic (exact) mass is 414 g/mol. The smallest absolute Gasteiger partial charge is 0.270 e. The Morgan fingerprint density at radius 1 is 1.10 bits per heavy atom. The fourth-order valence-electron chi connectivity index (χ4n) is 3.70. The van der Waals surface area contributed by atoms with Gasteiger partial charge < -0.3 is 10.1 Å². The third-order valence-electron chi connectivity index (χ3n) is 5.26. The third-order valence-corrected chi connectivity index (χ3v) is 5.26. The Bertz CT molecular complexity index is 1220. The molecule has 0 bridgehead atoms. The Morgan fingerprint density at radius 3 is 2.58 bits per heavy atom. The van der Waals surface area contributed by atoms with Gasteiger partial charge in [-0.25, -0.2) is 9.50 Å².